The van der Waals surface area contributed by atoms with Crippen LogP contribution in [0.5, 0.6) is 0 Å². The zero-order valence-electron chi connectivity index (χ0n) is 12.7. The van der Waals surface area contributed by atoms with Crippen LogP contribution in [0.4, 0.5) is 5.13 Å². The second kappa shape index (κ2) is 6.14. The van der Waals surface area contributed by atoms with Crippen LogP contribution in [0, 0.1) is 11.3 Å². The van der Waals surface area contributed by atoms with Gasteiger partial charge in [0.1, 0.15) is 0 Å². The minimum absolute atomic E-state index is 0.642. The molecule has 0 aliphatic heterocycles. The first-order chi connectivity index (χ1) is 11.8. The molecule has 0 aliphatic rings. The van der Waals surface area contributed by atoms with E-state index in [0.717, 1.165) is 27.9 Å². The molecule has 0 saturated heterocycles. The summed E-state index contributed by atoms with van der Waals surface area (Å²) >= 11 is 1.52. The highest BCUT2D eigenvalue weighted by Crippen LogP contribution is 2.26. The maximum absolute atomic E-state index is 8.90. The Bertz CT molecular complexity index is 1010. The predicted molar refractivity (Wildman–Crippen MR) is 94.8 cm³/mol. The molecule has 116 valence electrons. The van der Waals surface area contributed by atoms with Gasteiger partial charge in [0.25, 0.3) is 0 Å². The summed E-state index contributed by atoms with van der Waals surface area (Å²) in [6.45, 7) is 0.726. The van der Waals surface area contributed by atoms with Gasteiger partial charge in [-0.25, -0.2) is 9.50 Å². The maximum atomic E-state index is 8.90. The van der Waals surface area contributed by atoms with Crippen LogP contribution < -0.4 is 5.32 Å². The second-order valence-electron chi connectivity index (χ2n) is 5.27. The van der Waals surface area contributed by atoms with Gasteiger partial charge in [0, 0.05) is 12.1 Å². The largest absolute Gasteiger partial charge is 0.356 e. The molecule has 0 spiro atoms. The van der Waals surface area contributed by atoms with Crippen molar-refractivity contribution in [1.29, 1.82) is 5.26 Å². The molecule has 2 aromatic heterocycles. The van der Waals surface area contributed by atoms with Crippen molar-refractivity contribution in [3.63, 3.8) is 0 Å². The first-order valence-electron chi connectivity index (χ1n) is 7.46. The first kappa shape index (κ1) is 14.4. The Morgan fingerprint density at radius 1 is 1.08 bits per heavy atom. The fourth-order valence-corrected chi connectivity index (χ4v) is 3.22. The third-order valence-electron chi connectivity index (χ3n) is 3.68. The Hall–Kier alpha value is -3.17. The Balaban J connectivity index is 1.60. The molecule has 0 radical (unpaired) electrons. The summed E-state index contributed by atoms with van der Waals surface area (Å²) in [7, 11) is 0. The van der Waals surface area contributed by atoms with Crippen LogP contribution in [0.25, 0.3) is 16.2 Å². The molecule has 6 heteroatoms. The summed E-state index contributed by atoms with van der Waals surface area (Å²) < 4.78 is 1.83. The van der Waals surface area contributed by atoms with Gasteiger partial charge in [0.05, 0.1) is 23.5 Å². The molecule has 0 saturated carbocycles. The van der Waals surface area contributed by atoms with E-state index < -0.39 is 0 Å². The predicted octanol–water partition coefficient (Wildman–Crippen LogP) is 3.94. The summed E-state index contributed by atoms with van der Waals surface area (Å²) in [6, 6.07) is 19.8. The van der Waals surface area contributed by atoms with Gasteiger partial charge in [-0.3, -0.25) is 0 Å². The van der Waals surface area contributed by atoms with Gasteiger partial charge in [-0.05, 0) is 17.7 Å². The number of hydrogen-bond donors (Lipinski definition) is 1. The van der Waals surface area contributed by atoms with Crippen molar-refractivity contribution >= 4 is 21.4 Å². The molecule has 0 bridgehead atoms. The zero-order chi connectivity index (χ0) is 16.4. The lowest BCUT2D eigenvalue weighted by Crippen LogP contribution is -1.99. The molecule has 24 heavy (non-hydrogen) atoms. The Morgan fingerprint density at radius 3 is 2.62 bits per heavy atom. The number of nitriles is 1. The molecule has 2 aromatic carbocycles. The lowest BCUT2D eigenvalue weighted by Gasteiger charge is -2.02. The van der Waals surface area contributed by atoms with Crippen LogP contribution in [-0.4, -0.2) is 14.6 Å². The van der Waals surface area contributed by atoms with Gasteiger partial charge in [-0.1, -0.05) is 53.8 Å². The molecule has 0 unspecified atom stereocenters. The number of nitrogens with one attached hydrogen (secondary N) is 1. The Kier molecular flexibility index (Phi) is 3.69. The van der Waals surface area contributed by atoms with E-state index in [-0.39, 0.29) is 0 Å². The lowest BCUT2D eigenvalue weighted by molar-refractivity contribution is 0.968. The summed E-state index contributed by atoms with van der Waals surface area (Å²) in [5.41, 5.74) is 3.75. The zero-order valence-corrected chi connectivity index (χ0v) is 13.5. The van der Waals surface area contributed by atoms with Gasteiger partial charge in [0.15, 0.2) is 0 Å². The third-order valence-corrected chi connectivity index (χ3v) is 4.56. The highest BCUT2D eigenvalue weighted by atomic mass is 32.1. The number of imidazole rings is 1. The highest BCUT2D eigenvalue weighted by molar-refractivity contribution is 7.20. The summed E-state index contributed by atoms with van der Waals surface area (Å²) in [4.78, 5) is 5.27. The number of fused-ring (bicyclic) bond motifs is 1. The molecule has 2 heterocycles. The molecule has 0 amide bonds. The number of benzene rings is 2. The van der Waals surface area contributed by atoms with E-state index in [2.05, 4.69) is 33.6 Å². The molecule has 4 aromatic rings. The summed E-state index contributed by atoms with van der Waals surface area (Å²) in [6.07, 6.45) is 1.81. The van der Waals surface area contributed by atoms with Gasteiger partial charge in [0.2, 0.25) is 10.1 Å². The van der Waals surface area contributed by atoms with E-state index in [1.807, 2.05) is 34.8 Å². The first-order valence-corrected chi connectivity index (χ1v) is 8.28. The molecule has 1 N–H and O–H groups in total. The van der Waals surface area contributed by atoms with Crippen LogP contribution in [-0.2, 0) is 6.54 Å². The maximum Gasteiger partial charge on any atom is 0.214 e. The van der Waals surface area contributed by atoms with Crippen molar-refractivity contribution in [3.05, 3.63) is 71.9 Å². The molecule has 4 rings (SSSR count). The van der Waals surface area contributed by atoms with Crippen molar-refractivity contribution in [1.82, 2.24) is 14.6 Å². The molecular weight excluding hydrogens is 318 g/mol. The van der Waals surface area contributed by atoms with Gasteiger partial charge >= 0.3 is 0 Å². The SMILES string of the molecule is N#Cc1ccc(-c2cnc3sc(NCc4ccccc4)nn23)cc1. The van der Waals surface area contributed by atoms with Crippen LogP contribution in [0.15, 0.2) is 60.8 Å². The number of rotatable bonds is 4. The highest BCUT2D eigenvalue weighted by Gasteiger charge is 2.11. The molecule has 0 aliphatic carbocycles. The standard InChI is InChI=1S/C18H13N5S/c19-10-13-6-8-15(9-7-13)16-12-21-18-23(16)22-17(24-18)20-11-14-4-2-1-3-5-14/h1-9,12H,11H2,(H,20,22). The van der Waals surface area contributed by atoms with Crippen LogP contribution >= 0.6 is 11.3 Å². The number of aromatic nitrogens is 3. The average Bonchev–Trinajstić information content (AvgIpc) is 3.21. The lowest BCUT2D eigenvalue weighted by atomic mass is 10.1. The molecular formula is C18H13N5S. The molecule has 0 atom stereocenters. The van der Waals surface area contributed by atoms with Gasteiger partial charge < -0.3 is 5.32 Å². The van der Waals surface area contributed by atoms with Gasteiger partial charge in [-0.15, -0.1) is 5.10 Å². The van der Waals surface area contributed by atoms with Crippen molar-refractivity contribution in [2.75, 3.05) is 5.32 Å². The van der Waals surface area contributed by atoms with Crippen molar-refractivity contribution in [2.24, 2.45) is 0 Å². The average molecular weight is 331 g/mol. The fraction of sp³-hybridized carbons (Fsp3) is 0.0556. The molecule has 5 nitrogen and oxygen atoms in total. The number of nitrogens with zero attached hydrogens (tertiary/aromatic N) is 4. The van der Waals surface area contributed by atoms with E-state index in [4.69, 9.17) is 5.26 Å². The summed E-state index contributed by atoms with van der Waals surface area (Å²) in [5.74, 6) is 0. The van der Waals surface area contributed by atoms with Crippen molar-refractivity contribution < 1.29 is 0 Å². The van der Waals surface area contributed by atoms with Crippen molar-refractivity contribution in [3.8, 4) is 17.3 Å². The minimum Gasteiger partial charge on any atom is -0.356 e. The van der Waals surface area contributed by atoms with Crippen LogP contribution in [0.3, 0.4) is 0 Å². The fourth-order valence-electron chi connectivity index (χ4n) is 2.45. The molecule has 0 fully saturated rings. The monoisotopic (exact) mass is 331 g/mol. The van der Waals surface area contributed by atoms with E-state index >= 15 is 0 Å². The summed E-state index contributed by atoms with van der Waals surface area (Å²) in [5, 5.41) is 17.7. The van der Waals surface area contributed by atoms with Crippen LogP contribution in [0.2, 0.25) is 0 Å². The van der Waals surface area contributed by atoms with Crippen molar-refractivity contribution in [2.45, 2.75) is 6.54 Å². The third kappa shape index (κ3) is 2.73. The Labute approximate surface area is 142 Å². The van der Waals surface area contributed by atoms with E-state index in [0.29, 0.717) is 5.56 Å². The van der Waals surface area contributed by atoms with E-state index in [1.54, 1.807) is 18.3 Å². The number of anilines is 1. The quantitative estimate of drug-likeness (QED) is 0.615. The minimum atomic E-state index is 0.642. The number of hydrogen-bond acceptors (Lipinski definition) is 5. The topological polar surface area (TPSA) is 66.0 Å². The van der Waals surface area contributed by atoms with E-state index in [1.165, 1.54) is 16.9 Å². The normalized spacial score (nSPS) is 10.6. The van der Waals surface area contributed by atoms with Gasteiger partial charge in [-0.2, -0.15) is 5.26 Å². The smallest absolute Gasteiger partial charge is 0.214 e. The Morgan fingerprint density at radius 2 is 1.88 bits per heavy atom. The van der Waals surface area contributed by atoms with Crippen LogP contribution in [0.1, 0.15) is 11.1 Å². The second-order valence-corrected chi connectivity index (χ2v) is 6.23. The van der Waals surface area contributed by atoms with E-state index in [9.17, 15) is 0 Å².